The van der Waals surface area contributed by atoms with Gasteiger partial charge in [-0.15, -0.1) is 0 Å². The number of methoxy groups -OCH3 is 1. The second-order valence-electron chi connectivity index (χ2n) is 5.04. The lowest BCUT2D eigenvalue weighted by atomic mass is 10.1. The third-order valence-corrected chi connectivity index (χ3v) is 3.22. The number of anilines is 1. The van der Waals surface area contributed by atoms with Crippen LogP contribution in [0.5, 0.6) is 5.75 Å². The van der Waals surface area contributed by atoms with E-state index in [9.17, 15) is 4.79 Å². The molecular formula is C15H20N4O2. The van der Waals surface area contributed by atoms with Crippen molar-refractivity contribution >= 4 is 11.6 Å². The Morgan fingerprint density at radius 3 is 2.86 bits per heavy atom. The number of nitrogens with two attached hydrogens (primary N) is 1. The van der Waals surface area contributed by atoms with Crippen LogP contribution < -0.4 is 10.5 Å². The molecule has 0 radical (unpaired) electrons. The second-order valence-corrected chi connectivity index (χ2v) is 5.04. The summed E-state index contributed by atoms with van der Waals surface area (Å²) in [5, 5.41) is 4.01. The Hall–Kier alpha value is -2.50. The molecular weight excluding hydrogens is 268 g/mol. The zero-order valence-corrected chi connectivity index (χ0v) is 12.5. The smallest absolute Gasteiger partial charge is 0.244 e. The van der Waals surface area contributed by atoms with Gasteiger partial charge in [-0.05, 0) is 13.0 Å². The number of aryl methyl sites for hydroxylation is 1. The lowest BCUT2D eigenvalue weighted by Crippen LogP contribution is -2.30. The predicted molar refractivity (Wildman–Crippen MR) is 80.8 cm³/mol. The molecule has 1 amide bonds. The van der Waals surface area contributed by atoms with Crippen molar-refractivity contribution in [1.29, 1.82) is 0 Å². The Labute approximate surface area is 124 Å². The van der Waals surface area contributed by atoms with Gasteiger partial charge < -0.3 is 15.4 Å². The Balaban J connectivity index is 2.05. The summed E-state index contributed by atoms with van der Waals surface area (Å²) < 4.78 is 6.86. The van der Waals surface area contributed by atoms with E-state index in [0.717, 1.165) is 16.9 Å². The van der Waals surface area contributed by atoms with Gasteiger partial charge in [-0.1, -0.05) is 17.7 Å². The number of hydrogen-bond acceptors (Lipinski definition) is 4. The summed E-state index contributed by atoms with van der Waals surface area (Å²) >= 11 is 0. The predicted octanol–water partition coefficient (Wildman–Crippen LogP) is 1.44. The highest BCUT2D eigenvalue weighted by atomic mass is 16.5. The first-order valence-corrected chi connectivity index (χ1v) is 6.65. The maximum Gasteiger partial charge on any atom is 0.244 e. The van der Waals surface area contributed by atoms with Gasteiger partial charge in [-0.2, -0.15) is 5.10 Å². The largest absolute Gasteiger partial charge is 0.496 e. The first-order chi connectivity index (χ1) is 9.99. The Morgan fingerprint density at radius 1 is 1.48 bits per heavy atom. The Kier molecular flexibility index (Phi) is 4.47. The van der Waals surface area contributed by atoms with Gasteiger partial charge in [0.2, 0.25) is 5.91 Å². The third-order valence-electron chi connectivity index (χ3n) is 3.22. The molecule has 1 heterocycles. The van der Waals surface area contributed by atoms with Gasteiger partial charge in [0.15, 0.2) is 0 Å². The quantitative estimate of drug-likeness (QED) is 0.903. The van der Waals surface area contributed by atoms with Crippen LogP contribution in [-0.4, -0.2) is 34.7 Å². The van der Waals surface area contributed by atoms with Crippen LogP contribution in [0.4, 0.5) is 5.69 Å². The molecule has 1 aromatic heterocycles. The summed E-state index contributed by atoms with van der Waals surface area (Å²) in [6.45, 7) is 2.67. The highest BCUT2D eigenvalue weighted by Crippen LogP contribution is 2.21. The average molecular weight is 288 g/mol. The van der Waals surface area contributed by atoms with E-state index in [2.05, 4.69) is 5.10 Å². The molecule has 1 aromatic carbocycles. The normalized spacial score (nSPS) is 10.4. The molecule has 0 saturated heterocycles. The number of hydrogen-bond donors (Lipinski definition) is 1. The van der Waals surface area contributed by atoms with Crippen molar-refractivity contribution in [3.05, 3.63) is 41.7 Å². The minimum atomic E-state index is -0.0401. The molecule has 6 nitrogen and oxygen atoms in total. The maximum absolute atomic E-state index is 12.2. The third kappa shape index (κ3) is 3.75. The minimum absolute atomic E-state index is 0.0401. The highest BCUT2D eigenvalue weighted by Gasteiger charge is 2.13. The van der Waals surface area contributed by atoms with Crippen molar-refractivity contribution in [2.24, 2.45) is 0 Å². The Morgan fingerprint density at radius 2 is 2.24 bits per heavy atom. The number of amides is 1. The van der Waals surface area contributed by atoms with Crippen LogP contribution in [0.3, 0.4) is 0 Å². The topological polar surface area (TPSA) is 73.4 Å². The average Bonchev–Trinajstić information content (AvgIpc) is 2.84. The molecule has 0 fully saturated rings. The standard InChI is InChI=1S/C15H20N4O2/c1-11-4-5-14(21-3)12(6-11)8-18(2)15(20)10-19-9-13(16)7-17-19/h4-7,9H,8,10,16H2,1-3H3. The van der Waals surface area contributed by atoms with Crippen LogP contribution >= 0.6 is 0 Å². The molecule has 2 rings (SSSR count). The van der Waals surface area contributed by atoms with Crippen LogP contribution in [0.15, 0.2) is 30.6 Å². The summed E-state index contributed by atoms with van der Waals surface area (Å²) in [5.74, 6) is 0.741. The molecule has 21 heavy (non-hydrogen) atoms. The fourth-order valence-electron chi connectivity index (χ4n) is 2.10. The van der Waals surface area contributed by atoms with Crippen molar-refractivity contribution in [3.63, 3.8) is 0 Å². The van der Waals surface area contributed by atoms with Gasteiger partial charge in [0, 0.05) is 25.4 Å². The van der Waals surface area contributed by atoms with Gasteiger partial charge in [-0.3, -0.25) is 9.48 Å². The van der Waals surface area contributed by atoms with Gasteiger partial charge in [-0.25, -0.2) is 0 Å². The van der Waals surface area contributed by atoms with E-state index >= 15 is 0 Å². The number of aromatic nitrogens is 2. The summed E-state index contributed by atoms with van der Waals surface area (Å²) in [5.41, 5.74) is 8.24. The van der Waals surface area contributed by atoms with E-state index in [1.54, 1.807) is 25.3 Å². The molecule has 0 bridgehead atoms. The monoisotopic (exact) mass is 288 g/mol. The summed E-state index contributed by atoms with van der Waals surface area (Å²) in [4.78, 5) is 13.8. The van der Waals surface area contributed by atoms with Gasteiger partial charge in [0.05, 0.1) is 19.0 Å². The molecule has 0 aliphatic carbocycles. The number of carbonyl (C=O) groups is 1. The molecule has 6 heteroatoms. The fourth-order valence-corrected chi connectivity index (χ4v) is 2.10. The lowest BCUT2D eigenvalue weighted by molar-refractivity contribution is -0.131. The van der Waals surface area contributed by atoms with Crippen molar-refractivity contribution in [3.8, 4) is 5.75 Å². The van der Waals surface area contributed by atoms with Crippen LogP contribution in [0.25, 0.3) is 0 Å². The number of nitrogens with zero attached hydrogens (tertiary/aromatic N) is 3. The second kappa shape index (κ2) is 6.30. The zero-order valence-electron chi connectivity index (χ0n) is 12.5. The highest BCUT2D eigenvalue weighted by molar-refractivity contribution is 5.75. The molecule has 0 spiro atoms. The molecule has 0 aliphatic rings. The summed E-state index contributed by atoms with van der Waals surface area (Å²) in [7, 11) is 3.39. The van der Waals surface area contributed by atoms with Crippen molar-refractivity contribution in [2.75, 3.05) is 19.9 Å². The summed E-state index contributed by atoms with van der Waals surface area (Å²) in [6, 6.07) is 5.92. The van der Waals surface area contributed by atoms with E-state index < -0.39 is 0 Å². The van der Waals surface area contributed by atoms with E-state index in [1.165, 1.54) is 10.9 Å². The number of likely N-dealkylation sites (N-methyl/N-ethyl adjacent to an activating group) is 1. The Bertz CT molecular complexity index is 636. The number of carbonyl (C=O) groups excluding carboxylic acids is 1. The van der Waals surface area contributed by atoms with Gasteiger partial charge >= 0.3 is 0 Å². The van der Waals surface area contributed by atoms with E-state index in [4.69, 9.17) is 10.5 Å². The molecule has 2 N–H and O–H groups in total. The molecule has 0 saturated carbocycles. The molecule has 0 atom stereocenters. The first kappa shape index (κ1) is 14.9. The van der Waals surface area contributed by atoms with Crippen molar-refractivity contribution in [1.82, 2.24) is 14.7 Å². The number of nitrogen functional groups attached to an aromatic ring is 1. The number of rotatable bonds is 5. The van der Waals surface area contributed by atoms with Crippen molar-refractivity contribution < 1.29 is 9.53 Å². The van der Waals surface area contributed by atoms with E-state index in [-0.39, 0.29) is 12.5 Å². The van der Waals surface area contributed by atoms with Crippen molar-refractivity contribution in [2.45, 2.75) is 20.0 Å². The van der Waals surface area contributed by atoms with Crippen LogP contribution in [-0.2, 0) is 17.9 Å². The number of benzene rings is 1. The molecule has 112 valence electrons. The number of ether oxygens (including phenoxy) is 1. The van der Waals surface area contributed by atoms with Gasteiger partial charge in [0.25, 0.3) is 0 Å². The SMILES string of the molecule is COc1ccc(C)cc1CN(C)C(=O)Cn1cc(N)cn1. The zero-order chi connectivity index (χ0) is 15.4. The van der Waals surface area contributed by atoms with E-state index in [0.29, 0.717) is 12.2 Å². The first-order valence-electron chi connectivity index (χ1n) is 6.65. The van der Waals surface area contributed by atoms with Crippen LogP contribution in [0.2, 0.25) is 0 Å². The molecule has 0 unspecified atom stereocenters. The van der Waals surface area contributed by atoms with Crippen LogP contribution in [0.1, 0.15) is 11.1 Å². The maximum atomic E-state index is 12.2. The molecule has 0 aliphatic heterocycles. The molecule has 2 aromatic rings. The summed E-state index contributed by atoms with van der Waals surface area (Å²) in [6.07, 6.45) is 3.16. The van der Waals surface area contributed by atoms with E-state index in [1.807, 2.05) is 25.1 Å². The van der Waals surface area contributed by atoms with Crippen LogP contribution in [0, 0.1) is 6.92 Å². The lowest BCUT2D eigenvalue weighted by Gasteiger charge is -2.19. The van der Waals surface area contributed by atoms with Gasteiger partial charge in [0.1, 0.15) is 12.3 Å². The fraction of sp³-hybridized carbons (Fsp3) is 0.333. The minimum Gasteiger partial charge on any atom is -0.496 e.